The van der Waals surface area contributed by atoms with E-state index in [0.717, 1.165) is 77.2 Å². The van der Waals surface area contributed by atoms with Crippen molar-refractivity contribution in [3.63, 3.8) is 0 Å². The molecule has 2 fully saturated rings. The first-order chi connectivity index (χ1) is 29.9. The lowest BCUT2D eigenvalue weighted by atomic mass is 10.0. The second-order valence-corrected chi connectivity index (χ2v) is 17.2. The van der Waals surface area contributed by atoms with E-state index in [4.69, 9.17) is 24.2 Å². The standard InChI is InChI=1S/C46H57N9O7/c1-25(2)38(51-45(58)61-6)43(56)54-16-8-10-36(54)41-47-23-33(49-41)27-12-14-30-29(20-27)22-32-31-21-28(13-15-35(31)53(40(30)32)18-19-60-5)34-24-48-42(50-34)37-11-9-17-55(37)44(57)39(26(3)4)52-46(59)62-7/h12-15,20-21,23-26,36-39H,8-11,16-19,22H2,1-7H3,(H,47,49)(H,48,50)(H,51,58)(H,52,59)/t36-,37-,38?,39-/m0/s1. The predicted octanol–water partition coefficient (Wildman–Crippen LogP) is 6.73. The van der Waals surface area contributed by atoms with Crippen molar-refractivity contribution in [2.24, 2.45) is 11.8 Å². The summed E-state index contributed by atoms with van der Waals surface area (Å²) < 4.78 is 17.5. The van der Waals surface area contributed by atoms with E-state index < -0.39 is 24.3 Å². The Morgan fingerprint density at radius 3 is 1.81 bits per heavy atom. The number of alkyl carbamates (subject to hydrolysis) is 2. The molecule has 1 unspecified atom stereocenters. The summed E-state index contributed by atoms with van der Waals surface area (Å²) in [5.41, 5.74) is 9.70. The van der Waals surface area contributed by atoms with Gasteiger partial charge < -0.3 is 49.2 Å². The van der Waals surface area contributed by atoms with Crippen LogP contribution < -0.4 is 10.6 Å². The molecule has 4 amide bonds. The Balaban J connectivity index is 1.05. The second kappa shape index (κ2) is 17.7. The first-order valence-corrected chi connectivity index (χ1v) is 21.6. The Hall–Kier alpha value is -6.16. The van der Waals surface area contributed by atoms with Gasteiger partial charge in [0.25, 0.3) is 0 Å². The number of imidazole rings is 2. The Labute approximate surface area is 361 Å². The van der Waals surface area contributed by atoms with Gasteiger partial charge in [-0.05, 0) is 72.4 Å². The van der Waals surface area contributed by atoms with Crippen molar-refractivity contribution < 1.29 is 33.4 Å². The summed E-state index contributed by atoms with van der Waals surface area (Å²) in [6.07, 6.45) is 6.39. The van der Waals surface area contributed by atoms with E-state index in [-0.39, 0.29) is 35.7 Å². The minimum atomic E-state index is -0.705. The van der Waals surface area contributed by atoms with Crippen LogP contribution in [0.4, 0.5) is 9.59 Å². The molecule has 1 aliphatic carbocycles. The van der Waals surface area contributed by atoms with Gasteiger partial charge in [0, 0.05) is 55.2 Å². The van der Waals surface area contributed by atoms with Gasteiger partial charge in [0.05, 0.1) is 62.4 Å². The summed E-state index contributed by atoms with van der Waals surface area (Å²) >= 11 is 0. The van der Waals surface area contributed by atoms with E-state index in [1.807, 2.05) is 49.9 Å². The van der Waals surface area contributed by atoms with Gasteiger partial charge >= 0.3 is 12.2 Å². The van der Waals surface area contributed by atoms with Crippen molar-refractivity contribution in [3.05, 3.63) is 71.6 Å². The zero-order valence-electron chi connectivity index (χ0n) is 36.5. The Bertz CT molecular complexity index is 2480. The maximum atomic E-state index is 13.8. The van der Waals surface area contributed by atoms with Crippen molar-refractivity contribution in [2.75, 3.05) is 41.0 Å². The van der Waals surface area contributed by atoms with E-state index >= 15 is 0 Å². The maximum absolute atomic E-state index is 13.8. The number of aromatic nitrogens is 5. The molecule has 0 saturated carbocycles. The monoisotopic (exact) mass is 847 g/mol. The molecule has 8 rings (SSSR count). The summed E-state index contributed by atoms with van der Waals surface area (Å²) in [7, 11) is 4.31. The zero-order chi connectivity index (χ0) is 43.8. The largest absolute Gasteiger partial charge is 0.453 e. The van der Waals surface area contributed by atoms with Crippen LogP contribution in [0.15, 0.2) is 48.8 Å². The van der Waals surface area contributed by atoms with E-state index in [2.05, 4.69) is 61.6 Å². The number of nitrogens with one attached hydrogen (secondary N) is 4. The summed E-state index contributed by atoms with van der Waals surface area (Å²) in [5, 5.41) is 6.60. The molecule has 5 heterocycles. The molecule has 0 radical (unpaired) electrons. The number of nitrogens with zero attached hydrogens (tertiary/aromatic N) is 5. The molecule has 328 valence electrons. The number of rotatable bonds is 13. The molecule has 2 aliphatic heterocycles. The van der Waals surface area contributed by atoms with Crippen molar-refractivity contribution in [3.8, 4) is 33.8 Å². The predicted molar refractivity (Wildman–Crippen MR) is 233 cm³/mol. The van der Waals surface area contributed by atoms with Crippen LogP contribution in [0.2, 0.25) is 0 Å². The lowest BCUT2D eigenvalue weighted by Gasteiger charge is -2.30. The van der Waals surface area contributed by atoms with Gasteiger partial charge in [-0.25, -0.2) is 19.6 Å². The molecule has 2 saturated heterocycles. The molecule has 16 nitrogen and oxygen atoms in total. The third-order valence-corrected chi connectivity index (χ3v) is 12.7. The number of aromatic amines is 2. The topological polar surface area (TPSA) is 189 Å². The quantitative estimate of drug-likeness (QED) is 0.0978. The average Bonchev–Trinajstić information content (AvgIpc) is 4.13. The Morgan fingerprint density at radius 2 is 1.29 bits per heavy atom. The fourth-order valence-electron chi connectivity index (χ4n) is 9.51. The third-order valence-electron chi connectivity index (χ3n) is 12.7. The van der Waals surface area contributed by atoms with Gasteiger partial charge in [-0.1, -0.05) is 45.9 Å². The van der Waals surface area contributed by atoms with Crippen LogP contribution >= 0.6 is 0 Å². The fraction of sp³-hybridized carbons (Fsp3) is 0.478. The lowest BCUT2D eigenvalue weighted by Crippen LogP contribution is -2.51. The number of carbonyl (C=O) groups excluding carboxylic acids is 4. The van der Waals surface area contributed by atoms with Crippen molar-refractivity contribution >= 4 is 34.9 Å². The molecule has 0 bridgehead atoms. The normalized spacial score (nSPS) is 18.0. The maximum Gasteiger partial charge on any atom is 0.407 e. The molecule has 62 heavy (non-hydrogen) atoms. The molecular weight excluding hydrogens is 791 g/mol. The fourth-order valence-corrected chi connectivity index (χ4v) is 9.51. The van der Waals surface area contributed by atoms with E-state index in [9.17, 15) is 19.2 Å². The molecule has 3 aromatic heterocycles. The number of hydrogen-bond donors (Lipinski definition) is 4. The first-order valence-electron chi connectivity index (χ1n) is 21.6. The minimum Gasteiger partial charge on any atom is -0.453 e. The molecule has 0 spiro atoms. The summed E-state index contributed by atoms with van der Waals surface area (Å²) in [6, 6.07) is 11.2. The van der Waals surface area contributed by atoms with Gasteiger partial charge in [-0.3, -0.25) is 9.59 Å². The van der Waals surface area contributed by atoms with Crippen LogP contribution in [0.1, 0.15) is 88.2 Å². The molecule has 2 aromatic carbocycles. The number of fused-ring (bicyclic) bond motifs is 5. The van der Waals surface area contributed by atoms with Crippen LogP contribution in [-0.4, -0.2) is 111 Å². The van der Waals surface area contributed by atoms with E-state index in [1.54, 1.807) is 7.11 Å². The van der Waals surface area contributed by atoms with Crippen LogP contribution in [-0.2, 0) is 36.8 Å². The highest BCUT2D eigenvalue weighted by atomic mass is 16.5. The van der Waals surface area contributed by atoms with Gasteiger partial charge in [-0.15, -0.1) is 0 Å². The molecule has 16 heteroatoms. The van der Waals surface area contributed by atoms with Gasteiger partial charge in [0.1, 0.15) is 23.7 Å². The highest BCUT2D eigenvalue weighted by Gasteiger charge is 2.39. The highest BCUT2D eigenvalue weighted by molar-refractivity contribution is 5.98. The zero-order valence-corrected chi connectivity index (χ0v) is 36.5. The van der Waals surface area contributed by atoms with Crippen molar-refractivity contribution in [1.29, 1.82) is 0 Å². The van der Waals surface area contributed by atoms with Gasteiger partial charge in [0.15, 0.2) is 0 Å². The van der Waals surface area contributed by atoms with Crippen LogP contribution in [0.5, 0.6) is 0 Å². The number of methoxy groups -OCH3 is 3. The minimum absolute atomic E-state index is 0.117. The van der Waals surface area contributed by atoms with Gasteiger partial charge in [-0.2, -0.15) is 0 Å². The number of amides is 4. The number of likely N-dealkylation sites (tertiary alicyclic amines) is 2. The van der Waals surface area contributed by atoms with E-state index in [0.29, 0.717) is 26.2 Å². The number of carbonyl (C=O) groups is 4. The molecule has 3 aliphatic rings. The Morgan fingerprint density at radius 1 is 0.758 bits per heavy atom. The summed E-state index contributed by atoms with van der Waals surface area (Å²) in [4.78, 5) is 72.0. The Kier molecular flexibility index (Phi) is 12.1. The number of ether oxygens (including phenoxy) is 3. The van der Waals surface area contributed by atoms with Crippen LogP contribution in [0.25, 0.3) is 44.7 Å². The number of H-pyrrole nitrogens is 2. The second-order valence-electron chi connectivity index (χ2n) is 17.2. The van der Waals surface area contributed by atoms with Crippen LogP contribution in [0, 0.1) is 11.8 Å². The van der Waals surface area contributed by atoms with Crippen LogP contribution in [0.3, 0.4) is 0 Å². The first kappa shape index (κ1) is 42.5. The number of hydrogen-bond acceptors (Lipinski definition) is 9. The SMILES string of the molecule is COCCn1c2c(c3cc(-c4cnc([C@@H]5CCCN5C(=O)[C@@H](NC(=O)OC)C(C)C)[nH]4)ccc31)Cc1cc(-c3cnc([C@@H]4CCCN4C(=O)C(NC(=O)OC)C(C)C)[nH]3)ccc1-2. The lowest BCUT2D eigenvalue weighted by molar-refractivity contribution is -0.136. The third kappa shape index (κ3) is 7.91. The summed E-state index contributed by atoms with van der Waals surface area (Å²) in [6.45, 7) is 10.1. The number of benzene rings is 2. The molecule has 4 atom stereocenters. The average molecular weight is 848 g/mol. The molecular formula is C46H57N9O7. The smallest absolute Gasteiger partial charge is 0.407 e. The van der Waals surface area contributed by atoms with Crippen molar-refractivity contribution in [2.45, 2.75) is 90.5 Å². The van der Waals surface area contributed by atoms with E-state index in [1.165, 1.54) is 36.6 Å². The highest BCUT2D eigenvalue weighted by Crippen LogP contribution is 2.45. The summed E-state index contributed by atoms with van der Waals surface area (Å²) in [5.74, 6) is 0.924. The van der Waals surface area contributed by atoms with Crippen molar-refractivity contribution in [1.82, 2.24) is 44.9 Å². The molecule has 4 N–H and O–H groups in total. The molecule has 5 aromatic rings. The van der Waals surface area contributed by atoms with Gasteiger partial charge in [0.2, 0.25) is 11.8 Å².